The second kappa shape index (κ2) is 5.36. The monoisotopic (exact) mass is 240 g/mol. The van der Waals surface area contributed by atoms with Crippen LogP contribution in [-0.4, -0.2) is 48.7 Å². The molecule has 4 nitrogen and oxygen atoms in total. The number of nitrogens with zero attached hydrogens (tertiary/aromatic N) is 1. The lowest BCUT2D eigenvalue weighted by Crippen LogP contribution is -2.56. The van der Waals surface area contributed by atoms with Crippen molar-refractivity contribution in [2.75, 3.05) is 26.2 Å². The largest absolute Gasteiger partial charge is 0.375 e. The molecule has 0 aliphatic carbocycles. The molecule has 1 N–H and O–H groups in total. The van der Waals surface area contributed by atoms with Crippen molar-refractivity contribution in [2.24, 2.45) is 0 Å². The van der Waals surface area contributed by atoms with Gasteiger partial charge in [-0.3, -0.25) is 4.79 Å². The Hall–Kier alpha value is -0.610. The SMILES string of the molecule is CCC1(CC)CC(N2CCNCC2=O)CCO1. The topological polar surface area (TPSA) is 41.6 Å². The summed E-state index contributed by atoms with van der Waals surface area (Å²) in [6, 6.07) is 0.387. The molecule has 1 atom stereocenters. The smallest absolute Gasteiger partial charge is 0.236 e. The lowest BCUT2D eigenvalue weighted by atomic mass is 9.85. The Bertz CT molecular complexity index is 277. The molecule has 2 aliphatic rings. The van der Waals surface area contributed by atoms with Gasteiger partial charge >= 0.3 is 0 Å². The van der Waals surface area contributed by atoms with Crippen LogP contribution in [0.3, 0.4) is 0 Å². The van der Waals surface area contributed by atoms with Gasteiger partial charge < -0.3 is 15.0 Å². The van der Waals surface area contributed by atoms with Crippen molar-refractivity contribution in [1.29, 1.82) is 0 Å². The Labute approximate surface area is 104 Å². The first-order valence-electron chi connectivity index (χ1n) is 6.85. The van der Waals surface area contributed by atoms with Crippen molar-refractivity contribution in [2.45, 2.75) is 51.2 Å². The van der Waals surface area contributed by atoms with E-state index in [1.807, 2.05) is 0 Å². The zero-order chi connectivity index (χ0) is 12.3. The highest BCUT2D eigenvalue weighted by atomic mass is 16.5. The van der Waals surface area contributed by atoms with Gasteiger partial charge in [-0.1, -0.05) is 13.8 Å². The molecule has 0 spiro atoms. The summed E-state index contributed by atoms with van der Waals surface area (Å²) in [5, 5.41) is 3.13. The fourth-order valence-electron chi connectivity index (χ4n) is 3.02. The molecular formula is C13H24N2O2. The van der Waals surface area contributed by atoms with Crippen LogP contribution in [0.2, 0.25) is 0 Å². The maximum Gasteiger partial charge on any atom is 0.236 e. The molecule has 0 radical (unpaired) electrons. The molecule has 0 aromatic heterocycles. The van der Waals surface area contributed by atoms with E-state index in [0.717, 1.165) is 45.4 Å². The van der Waals surface area contributed by atoms with Crippen LogP contribution in [0.4, 0.5) is 0 Å². The average molecular weight is 240 g/mol. The van der Waals surface area contributed by atoms with Gasteiger partial charge in [-0.25, -0.2) is 0 Å². The van der Waals surface area contributed by atoms with Crippen molar-refractivity contribution in [3.05, 3.63) is 0 Å². The van der Waals surface area contributed by atoms with Crippen LogP contribution in [0.15, 0.2) is 0 Å². The van der Waals surface area contributed by atoms with Crippen molar-refractivity contribution < 1.29 is 9.53 Å². The van der Waals surface area contributed by atoms with E-state index in [1.165, 1.54) is 0 Å². The number of hydrogen-bond donors (Lipinski definition) is 1. The second-order valence-corrected chi connectivity index (χ2v) is 5.15. The molecule has 1 amide bonds. The van der Waals surface area contributed by atoms with Gasteiger partial charge in [-0.05, 0) is 25.7 Å². The van der Waals surface area contributed by atoms with Crippen molar-refractivity contribution in [3.63, 3.8) is 0 Å². The Balaban J connectivity index is 2.03. The third-order valence-corrected chi connectivity index (χ3v) is 4.32. The van der Waals surface area contributed by atoms with Gasteiger partial charge in [-0.15, -0.1) is 0 Å². The van der Waals surface area contributed by atoms with Crippen LogP contribution < -0.4 is 5.32 Å². The molecule has 98 valence electrons. The summed E-state index contributed by atoms with van der Waals surface area (Å²) in [5.41, 5.74) is 0.00801. The quantitative estimate of drug-likeness (QED) is 0.805. The van der Waals surface area contributed by atoms with Crippen LogP contribution >= 0.6 is 0 Å². The van der Waals surface area contributed by atoms with Gasteiger partial charge in [0.2, 0.25) is 5.91 Å². The standard InChI is InChI=1S/C13H24N2O2/c1-3-13(4-2)9-11(5-8-17-13)15-7-6-14-10-12(15)16/h11,14H,3-10H2,1-2H3. The van der Waals surface area contributed by atoms with E-state index < -0.39 is 0 Å². The highest BCUT2D eigenvalue weighted by molar-refractivity contribution is 5.79. The van der Waals surface area contributed by atoms with Crippen LogP contribution in [0, 0.1) is 0 Å². The third kappa shape index (κ3) is 2.63. The van der Waals surface area contributed by atoms with Gasteiger partial charge in [0.25, 0.3) is 0 Å². The van der Waals surface area contributed by atoms with Crippen molar-refractivity contribution in [3.8, 4) is 0 Å². The summed E-state index contributed by atoms with van der Waals surface area (Å²) in [5.74, 6) is 0.254. The Morgan fingerprint density at radius 1 is 1.47 bits per heavy atom. The van der Waals surface area contributed by atoms with Gasteiger partial charge in [0, 0.05) is 25.7 Å². The molecular weight excluding hydrogens is 216 g/mol. The fraction of sp³-hybridized carbons (Fsp3) is 0.923. The molecule has 2 saturated heterocycles. The lowest BCUT2D eigenvalue weighted by molar-refractivity contribution is -0.145. The van der Waals surface area contributed by atoms with Crippen molar-refractivity contribution in [1.82, 2.24) is 10.2 Å². The normalized spacial score (nSPS) is 29.4. The van der Waals surface area contributed by atoms with E-state index in [-0.39, 0.29) is 11.5 Å². The number of piperazine rings is 1. The second-order valence-electron chi connectivity index (χ2n) is 5.15. The van der Waals surface area contributed by atoms with E-state index in [9.17, 15) is 4.79 Å². The maximum atomic E-state index is 11.9. The number of carbonyl (C=O) groups excluding carboxylic acids is 1. The molecule has 2 heterocycles. The minimum atomic E-state index is 0.00801. The predicted molar refractivity (Wildman–Crippen MR) is 66.9 cm³/mol. The zero-order valence-corrected chi connectivity index (χ0v) is 11.0. The number of amides is 1. The Kier molecular flexibility index (Phi) is 4.05. The minimum absolute atomic E-state index is 0.00801. The average Bonchev–Trinajstić information content (AvgIpc) is 2.39. The fourth-order valence-corrected chi connectivity index (χ4v) is 3.02. The number of nitrogens with one attached hydrogen (secondary N) is 1. The van der Waals surface area contributed by atoms with Crippen LogP contribution in [0.1, 0.15) is 39.5 Å². The summed E-state index contributed by atoms with van der Waals surface area (Å²) in [4.78, 5) is 14.0. The zero-order valence-electron chi connectivity index (χ0n) is 11.0. The third-order valence-electron chi connectivity index (χ3n) is 4.32. The van der Waals surface area contributed by atoms with Crippen LogP contribution in [0.5, 0.6) is 0 Å². The summed E-state index contributed by atoms with van der Waals surface area (Å²) < 4.78 is 5.97. The molecule has 1 unspecified atom stereocenters. The summed E-state index contributed by atoms with van der Waals surface area (Å²) in [6.07, 6.45) is 4.08. The first-order valence-corrected chi connectivity index (χ1v) is 6.85. The van der Waals surface area contributed by atoms with E-state index in [1.54, 1.807) is 0 Å². The van der Waals surface area contributed by atoms with Gasteiger partial charge in [0.1, 0.15) is 0 Å². The summed E-state index contributed by atoms with van der Waals surface area (Å²) in [7, 11) is 0. The minimum Gasteiger partial charge on any atom is -0.375 e. The molecule has 2 fully saturated rings. The first-order chi connectivity index (χ1) is 8.21. The number of carbonyl (C=O) groups is 1. The molecule has 2 aliphatic heterocycles. The predicted octanol–water partition coefficient (Wildman–Crippen LogP) is 1.16. The van der Waals surface area contributed by atoms with E-state index in [0.29, 0.717) is 12.6 Å². The Morgan fingerprint density at radius 2 is 2.24 bits per heavy atom. The highest BCUT2D eigenvalue weighted by Gasteiger charge is 2.38. The summed E-state index contributed by atoms with van der Waals surface area (Å²) >= 11 is 0. The molecule has 0 saturated carbocycles. The number of ether oxygens (including phenoxy) is 1. The maximum absolute atomic E-state index is 11.9. The Morgan fingerprint density at radius 3 is 2.88 bits per heavy atom. The molecule has 0 aromatic rings. The number of hydrogen-bond acceptors (Lipinski definition) is 3. The lowest BCUT2D eigenvalue weighted by Gasteiger charge is -2.45. The van der Waals surface area contributed by atoms with Crippen LogP contribution in [0.25, 0.3) is 0 Å². The van der Waals surface area contributed by atoms with E-state index >= 15 is 0 Å². The van der Waals surface area contributed by atoms with E-state index in [4.69, 9.17) is 4.74 Å². The summed E-state index contributed by atoms with van der Waals surface area (Å²) in [6.45, 7) is 7.45. The molecule has 4 heteroatoms. The molecule has 0 aromatic carbocycles. The first kappa shape index (κ1) is 12.8. The van der Waals surface area contributed by atoms with Gasteiger partial charge in [0.15, 0.2) is 0 Å². The van der Waals surface area contributed by atoms with E-state index in [2.05, 4.69) is 24.1 Å². The van der Waals surface area contributed by atoms with Crippen LogP contribution in [-0.2, 0) is 9.53 Å². The van der Waals surface area contributed by atoms with Gasteiger partial charge in [-0.2, -0.15) is 0 Å². The molecule has 17 heavy (non-hydrogen) atoms. The number of rotatable bonds is 3. The van der Waals surface area contributed by atoms with Crippen molar-refractivity contribution >= 4 is 5.91 Å². The molecule has 0 bridgehead atoms. The molecule has 2 rings (SSSR count). The highest BCUT2D eigenvalue weighted by Crippen LogP contribution is 2.33. The van der Waals surface area contributed by atoms with Gasteiger partial charge in [0.05, 0.1) is 12.1 Å².